The third-order valence-corrected chi connectivity index (χ3v) is 3.71. The van der Waals surface area contributed by atoms with Gasteiger partial charge in [-0.3, -0.25) is 0 Å². The molecule has 0 aromatic heterocycles. The van der Waals surface area contributed by atoms with E-state index in [4.69, 9.17) is 9.88 Å². The molecule has 1 aliphatic heterocycles. The Balaban J connectivity index is 2.37. The minimum absolute atomic E-state index is 0.149. The molecule has 1 aliphatic rings. The monoisotopic (exact) mass is 241 g/mol. The predicted molar refractivity (Wildman–Crippen MR) is 61.3 cm³/mol. The Labute approximate surface area is 95.5 Å². The summed E-state index contributed by atoms with van der Waals surface area (Å²) in [4.78, 5) is 0. The van der Waals surface area contributed by atoms with E-state index in [1.165, 1.54) is 0 Å². The van der Waals surface area contributed by atoms with E-state index in [0.717, 1.165) is 12.0 Å². The van der Waals surface area contributed by atoms with Crippen molar-refractivity contribution < 1.29 is 13.2 Å². The van der Waals surface area contributed by atoms with E-state index >= 15 is 0 Å². The molecule has 0 radical (unpaired) electrons. The molecule has 4 nitrogen and oxygen atoms in total. The fourth-order valence-corrected chi connectivity index (χ4v) is 3.23. The van der Waals surface area contributed by atoms with Crippen molar-refractivity contribution in [3.63, 3.8) is 0 Å². The van der Waals surface area contributed by atoms with E-state index < -0.39 is 15.6 Å². The Morgan fingerprint density at radius 2 is 2.00 bits per heavy atom. The maximum atomic E-state index is 11.3. The average molecular weight is 241 g/mol. The van der Waals surface area contributed by atoms with Gasteiger partial charge in [-0.2, -0.15) is 0 Å². The first-order valence-electron chi connectivity index (χ1n) is 5.22. The van der Waals surface area contributed by atoms with Crippen LogP contribution in [-0.4, -0.2) is 20.8 Å². The lowest BCUT2D eigenvalue weighted by Gasteiger charge is -2.27. The Bertz CT molecular complexity index is 449. The van der Waals surface area contributed by atoms with Gasteiger partial charge in [0.15, 0.2) is 0 Å². The van der Waals surface area contributed by atoms with E-state index in [-0.39, 0.29) is 5.75 Å². The fourth-order valence-electron chi connectivity index (χ4n) is 2.19. The first kappa shape index (κ1) is 11.6. The lowest BCUT2D eigenvalue weighted by Crippen LogP contribution is -2.36. The largest absolute Gasteiger partial charge is 0.369 e. The summed E-state index contributed by atoms with van der Waals surface area (Å²) in [7, 11) is -3.54. The molecule has 0 amide bonds. The molecule has 0 aliphatic carbocycles. The van der Waals surface area contributed by atoms with Gasteiger partial charge in [0, 0.05) is 6.61 Å². The second kappa shape index (κ2) is 4.16. The molecule has 2 N–H and O–H groups in total. The third-order valence-electron chi connectivity index (χ3n) is 2.84. The van der Waals surface area contributed by atoms with Crippen molar-refractivity contribution in [3.05, 3.63) is 35.9 Å². The van der Waals surface area contributed by atoms with Crippen molar-refractivity contribution in [1.82, 2.24) is 0 Å². The third kappa shape index (κ3) is 2.42. The number of hydrogen-bond donors (Lipinski definition) is 1. The lowest BCUT2D eigenvalue weighted by molar-refractivity contribution is 0.0197. The van der Waals surface area contributed by atoms with Crippen LogP contribution in [0.1, 0.15) is 18.4 Å². The molecule has 1 fully saturated rings. The van der Waals surface area contributed by atoms with Crippen LogP contribution in [0.5, 0.6) is 0 Å². The molecule has 1 saturated heterocycles. The van der Waals surface area contributed by atoms with Crippen molar-refractivity contribution in [2.24, 2.45) is 5.14 Å². The van der Waals surface area contributed by atoms with Gasteiger partial charge in [0.2, 0.25) is 10.0 Å². The highest BCUT2D eigenvalue weighted by Gasteiger charge is 2.40. The molecule has 1 atom stereocenters. The average Bonchev–Trinajstić information content (AvgIpc) is 2.66. The van der Waals surface area contributed by atoms with Gasteiger partial charge in [-0.05, 0) is 18.4 Å². The van der Waals surface area contributed by atoms with Crippen LogP contribution < -0.4 is 5.14 Å². The summed E-state index contributed by atoms with van der Waals surface area (Å²) in [6.07, 6.45) is 1.57. The van der Waals surface area contributed by atoms with Gasteiger partial charge in [-0.1, -0.05) is 30.3 Å². The molecule has 1 aromatic rings. The number of rotatable bonds is 3. The summed E-state index contributed by atoms with van der Waals surface area (Å²) in [5, 5.41) is 5.13. The van der Waals surface area contributed by atoms with Gasteiger partial charge in [0.25, 0.3) is 0 Å². The summed E-state index contributed by atoms with van der Waals surface area (Å²) in [5.74, 6) is -0.149. The van der Waals surface area contributed by atoms with Crippen molar-refractivity contribution >= 4 is 10.0 Å². The van der Waals surface area contributed by atoms with Crippen molar-refractivity contribution in [3.8, 4) is 0 Å². The lowest BCUT2D eigenvalue weighted by atomic mass is 9.93. The number of sulfonamides is 1. The molecular formula is C11H15NO3S. The molecule has 1 aromatic carbocycles. The Morgan fingerprint density at radius 3 is 2.50 bits per heavy atom. The van der Waals surface area contributed by atoms with Gasteiger partial charge < -0.3 is 4.74 Å². The molecule has 1 unspecified atom stereocenters. The van der Waals surface area contributed by atoms with Crippen LogP contribution in [0.2, 0.25) is 0 Å². The van der Waals surface area contributed by atoms with Crippen LogP contribution >= 0.6 is 0 Å². The van der Waals surface area contributed by atoms with Crippen molar-refractivity contribution in [2.75, 3.05) is 12.4 Å². The van der Waals surface area contributed by atoms with Crippen LogP contribution in [0.15, 0.2) is 30.3 Å². The second-order valence-corrected chi connectivity index (χ2v) is 5.73. The summed E-state index contributed by atoms with van der Waals surface area (Å²) in [6, 6.07) is 9.42. The number of nitrogens with two attached hydrogens (primary N) is 1. The van der Waals surface area contributed by atoms with Gasteiger partial charge in [0.1, 0.15) is 5.60 Å². The smallest absolute Gasteiger partial charge is 0.212 e. The van der Waals surface area contributed by atoms with E-state index in [1.807, 2.05) is 30.3 Å². The van der Waals surface area contributed by atoms with Gasteiger partial charge in [-0.25, -0.2) is 13.6 Å². The molecule has 2 rings (SSSR count). The topological polar surface area (TPSA) is 69.4 Å². The zero-order valence-electron chi connectivity index (χ0n) is 8.93. The zero-order valence-corrected chi connectivity index (χ0v) is 9.74. The highest BCUT2D eigenvalue weighted by atomic mass is 32.2. The van der Waals surface area contributed by atoms with Crippen molar-refractivity contribution in [2.45, 2.75) is 18.4 Å². The van der Waals surface area contributed by atoms with E-state index in [1.54, 1.807) is 0 Å². The molecule has 1 heterocycles. The van der Waals surface area contributed by atoms with Gasteiger partial charge in [0.05, 0.1) is 5.75 Å². The van der Waals surface area contributed by atoms with E-state index in [9.17, 15) is 8.42 Å². The predicted octanol–water partition coefficient (Wildman–Crippen LogP) is 0.981. The summed E-state index contributed by atoms with van der Waals surface area (Å²) in [6.45, 7) is 0.588. The summed E-state index contributed by atoms with van der Waals surface area (Å²) >= 11 is 0. The molecule has 16 heavy (non-hydrogen) atoms. The minimum atomic E-state index is -3.54. The van der Waals surface area contributed by atoms with Gasteiger partial charge in [-0.15, -0.1) is 0 Å². The van der Waals surface area contributed by atoms with Crippen LogP contribution in [0.3, 0.4) is 0 Å². The van der Waals surface area contributed by atoms with Crippen LogP contribution in [0, 0.1) is 0 Å². The Kier molecular flexibility index (Phi) is 3.01. The Hall–Kier alpha value is -0.910. The maximum absolute atomic E-state index is 11.3. The highest BCUT2D eigenvalue weighted by Crippen LogP contribution is 2.36. The van der Waals surface area contributed by atoms with E-state index in [2.05, 4.69) is 0 Å². The zero-order chi connectivity index (χ0) is 11.6. The molecule has 88 valence electrons. The summed E-state index contributed by atoms with van der Waals surface area (Å²) in [5.41, 5.74) is 0.149. The molecule has 0 saturated carbocycles. The number of benzene rings is 1. The minimum Gasteiger partial charge on any atom is -0.369 e. The maximum Gasteiger partial charge on any atom is 0.212 e. The summed E-state index contributed by atoms with van der Waals surface area (Å²) < 4.78 is 28.2. The van der Waals surface area contributed by atoms with Gasteiger partial charge >= 0.3 is 0 Å². The van der Waals surface area contributed by atoms with Crippen LogP contribution in [0.25, 0.3) is 0 Å². The quantitative estimate of drug-likeness (QED) is 0.857. The first-order valence-corrected chi connectivity index (χ1v) is 6.93. The molecule has 0 bridgehead atoms. The number of ether oxygens (including phenoxy) is 1. The van der Waals surface area contributed by atoms with Crippen LogP contribution in [0.4, 0.5) is 0 Å². The standard InChI is InChI=1S/C11H15NO3S/c12-16(13,14)9-11(7-4-8-15-11)10-5-2-1-3-6-10/h1-3,5-6H,4,7-9H2,(H2,12,13,14). The normalized spacial score (nSPS) is 25.8. The number of primary sulfonamides is 1. The molecule has 0 spiro atoms. The first-order chi connectivity index (χ1) is 7.52. The SMILES string of the molecule is NS(=O)(=O)CC1(c2ccccc2)CCCO1. The second-order valence-electron chi connectivity index (χ2n) is 4.12. The molecule has 5 heteroatoms. The molecular weight excluding hydrogens is 226 g/mol. The fraction of sp³-hybridized carbons (Fsp3) is 0.455. The van der Waals surface area contributed by atoms with E-state index in [0.29, 0.717) is 13.0 Å². The highest BCUT2D eigenvalue weighted by molar-refractivity contribution is 7.89. The number of hydrogen-bond acceptors (Lipinski definition) is 3. The van der Waals surface area contributed by atoms with Crippen LogP contribution in [-0.2, 0) is 20.4 Å². The Morgan fingerprint density at radius 1 is 1.31 bits per heavy atom. The van der Waals surface area contributed by atoms with Crippen molar-refractivity contribution in [1.29, 1.82) is 0 Å².